The lowest BCUT2D eigenvalue weighted by Gasteiger charge is -2.38. The zero-order valence-corrected chi connectivity index (χ0v) is 18.1. The Kier molecular flexibility index (Phi) is 7.17. The Morgan fingerprint density at radius 2 is 1.74 bits per heavy atom. The molecule has 0 spiro atoms. The maximum absolute atomic E-state index is 12.9. The average Bonchev–Trinajstić information content (AvgIpc) is 2.81. The van der Waals surface area contributed by atoms with Crippen molar-refractivity contribution in [2.45, 2.75) is 31.7 Å². The Balaban J connectivity index is 1.35. The van der Waals surface area contributed by atoms with Gasteiger partial charge in [-0.3, -0.25) is 9.59 Å². The van der Waals surface area contributed by atoms with Gasteiger partial charge >= 0.3 is 0 Å². The molecule has 2 fully saturated rings. The number of likely N-dealkylation sites (tertiary alicyclic amines) is 1. The number of benzene rings is 1. The molecule has 0 radical (unpaired) electrons. The fraction of sp³-hybridized carbons (Fsp3) is 0.435. The second kappa shape index (κ2) is 10.2. The molecule has 7 nitrogen and oxygen atoms in total. The molecule has 0 aliphatic carbocycles. The fourth-order valence-electron chi connectivity index (χ4n) is 4.24. The van der Waals surface area contributed by atoms with E-state index < -0.39 is 0 Å². The molecule has 4 rings (SSSR count). The molecule has 2 saturated heterocycles. The minimum Gasteiger partial charge on any atom is -0.381 e. The molecule has 1 aromatic carbocycles. The molecule has 0 unspecified atom stereocenters. The van der Waals surface area contributed by atoms with Gasteiger partial charge in [0.1, 0.15) is 5.82 Å². The summed E-state index contributed by atoms with van der Waals surface area (Å²) in [4.78, 5) is 32.2. The van der Waals surface area contributed by atoms with Gasteiger partial charge < -0.3 is 20.3 Å². The van der Waals surface area contributed by atoms with Gasteiger partial charge in [-0.2, -0.15) is 0 Å². The van der Waals surface area contributed by atoms with Crippen molar-refractivity contribution in [3.63, 3.8) is 0 Å². The van der Waals surface area contributed by atoms with E-state index in [9.17, 15) is 9.59 Å². The van der Waals surface area contributed by atoms with Crippen LogP contribution in [0.2, 0.25) is 5.02 Å². The van der Waals surface area contributed by atoms with Gasteiger partial charge in [-0.25, -0.2) is 4.98 Å². The van der Waals surface area contributed by atoms with Gasteiger partial charge in [0, 0.05) is 31.4 Å². The Hall–Kier alpha value is -2.48. The van der Waals surface area contributed by atoms with Gasteiger partial charge in [-0.05, 0) is 63.0 Å². The summed E-state index contributed by atoms with van der Waals surface area (Å²) in [7, 11) is 0. The van der Waals surface area contributed by atoms with Gasteiger partial charge in [0.25, 0.3) is 5.91 Å². The summed E-state index contributed by atoms with van der Waals surface area (Å²) < 4.78 is 5.46. The monoisotopic (exact) mass is 442 g/mol. The van der Waals surface area contributed by atoms with E-state index in [0.29, 0.717) is 28.1 Å². The Labute approximate surface area is 187 Å². The molecule has 2 amide bonds. The molecule has 8 heteroatoms. The number of halogens is 1. The SMILES string of the molecule is O=C(Nc1ccc(Cl)cn1)c1ccccc1NC(=O)C1CCN(C2CCOCC2)CC1. The van der Waals surface area contributed by atoms with Crippen molar-refractivity contribution in [3.05, 3.63) is 53.2 Å². The number of rotatable bonds is 5. The minimum absolute atomic E-state index is 0.0310. The lowest BCUT2D eigenvalue weighted by Crippen LogP contribution is -2.45. The van der Waals surface area contributed by atoms with E-state index in [-0.39, 0.29) is 17.7 Å². The van der Waals surface area contributed by atoms with E-state index in [0.717, 1.165) is 52.0 Å². The lowest BCUT2D eigenvalue weighted by atomic mass is 9.93. The Morgan fingerprint density at radius 3 is 2.45 bits per heavy atom. The van der Waals surface area contributed by atoms with Crippen molar-refractivity contribution in [1.82, 2.24) is 9.88 Å². The third-order valence-corrected chi connectivity index (χ3v) is 6.23. The predicted octanol–water partition coefficient (Wildman–Crippen LogP) is 3.82. The Morgan fingerprint density at radius 1 is 1.00 bits per heavy atom. The number of nitrogens with one attached hydrogen (secondary N) is 2. The van der Waals surface area contributed by atoms with Crippen molar-refractivity contribution in [2.75, 3.05) is 36.9 Å². The second-order valence-electron chi connectivity index (χ2n) is 8.00. The third kappa shape index (κ3) is 5.61. The van der Waals surface area contributed by atoms with Gasteiger partial charge in [0.05, 0.1) is 16.3 Å². The number of anilines is 2. The number of hydrogen-bond acceptors (Lipinski definition) is 5. The van der Waals surface area contributed by atoms with E-state index >= 15 is 0 Å². The molecule has 0 atom stereocenters. The third-order valence-electron chi connectivity index (χ3n) is 6.01. The highest BCUT2D eigenvalue weighted by atomic mass is 35.5. The minimum atomic E-state index is -0.333. The smallest absolute Gasteiger partial charge is 0.258 e. The fourth-order valence-corrected chi connectivity index (χ4v) is 4.35. The molecule has 2 aromatic rings. The van der Waals surface area contributed by atoms with Crippen molar-refractivity contribution < 1.29 is 14.3 Å². The van der Waals surface area contributed by atoms with E-state index in [1.807, 2.05) is 0 Å². The maximum Gasteiger partial charge on any atom is 0.258 e. The van der Waals surface area contributed by atoms with Crippen molar-refractivity contribution in [1.29, 1.82) is 0 Å². The zero-order chi connectivity index (χ0) is 21.6. The number of piperidine rings is 1. The van der Waals surface area contributed by atoms with Gasteiger partial charge in [-0.1, -0.05) is 23.7 Å². The van der Waals surface area contributed by atoms with Crippen LogP contribution in [0.15, 0.2) is 42.6 Å². The Bertz CT molecular complexity index is 907. The van der Waals surface area contributed by atoms with Crippen LogP contribution in [0.4, 0.5) is 11.5 Å². The van der Waals surface area contributed by atoms with Gasteiger partial charge in [0.2, 0.25) is 5.91 Å². The number of ether oxygens (including phenoxy) is 1. The van der Waals surface area contributed by atoms with Crippen molar-refractivity contribution in [2.24, 2.45) is 5.92 Å². The summed E-state index contributed by atoms with van der Waals surface area (Å²) in [5, 5.41) is 6.21. The normalized spacial score (nSPS) is 18.5. The number of carbonyl (C=O) groups excluding carboxylic acids is 2. The standard InChI is InChI=1S/C23H27ClN4O3/c24-17-5-6-21(25-15-17)27-23(30)19-3-1-2-4-20(19)26-22(29)16-7-11-28(12-8-16)18-9-13-31-14-10-18/h1-6,15-16,18H,7-14H2,(H,26,29)(H,25,27,30). The summed E-state index contributed by atoms with van der Waals surface area (Å²) in [5.41, 5.74) is 0.901. The first-order valence-electron chi connectivity index (χ1n) is 10.7. The molecule has 31 heavy (non-hydrogen) atoms. The van der Waals surface area contributed by atoms with Crippen molar-refractivity contribution >= 4 is 34.9 Å². The van der Waals surface area contributed by atoms with Gasteiger partial charge in [-0.15, -0.1) is 0 Å². The molecule has 164 valence electrons. The van der Waals surface area contributed by atoms with E-state index in [1.54, 1.807) is 36.4 Å². The molecule has 0 saturated carbocycles. The number of carbonyl (C=O) groups is 2. The molecule has 0 bridgehead atoms. The zero-order valence-electron chi connectivity index (χ0n) is 17.4. The predicted molar refractivity (Wildman–Crippen MR) is 120 cm³/mol. The number of pyridine rings is 1. The van der Waals surface area contributed by atoms with Crippen LogP contribution in [-0.2, 0) is 9.53 Å². The van der Waals surface area contributed by atoms with Crippen LogP contribution >= 0.6 is 11.6 Å². The quantitative estimate of drug-likeness (QED) is 0.735. The van der Waals surface area contributed by atoms with Crippen LogP contribution in [0.1, 0.15) is 36.0 Å². The van der Waals surface area contributed by atoms with Crippen LogP contribution in [0.25, 0.3) is 0 Å². The molecule has 2 aliphatic rings. The van der Waals surface area contributed by atoms with Crippen LogP contribution in [-0.4, -0.2) is 54.0 Å². The topological polar surface area (TPSA) is 83.6 Å². The highest BCUT2D eigenvalue weighted by Crippen LogP contribution is 2.25. The van der Waals surface area contributed by atoms with Crippen molar-refractivity contribution in [3.8, 4) is 0 Å². The molecular weight excluding hydrogens is 416 g/mol. The summed E-state index contributed by atoms with van der Waals surface area (Å²) in [6, 6.07) is 10.9. The highest BCUT2D eigenvalue weighted by molar-refractivity contribution is 6.30. The summed E-state index contributed by atoms with van der Waals surface area (Å²) in [6.07, 6.45) is 5.26. The molecule has 2 N–H and O–H groups in total. The maximum atomic E-state index is 12.9. The molecular formula is C23H27ClN4O3. The molecule has 1 aromatic heterocycles. The first kappa shape index (κ1) is 21.7. The number of aromatic nitrogens is 1. The number of amides is 2. The number of para-hydroxylation sites is 1. The molecule has 2 aliphatic heterocycles. The largest absolute Gasteiger partial charge is 0.381 e. The number of nitrogens with zero attached hydrogens (tertiary/aromatic N) is 2. The molecule has 3 heterocycles. The van der Waals surface area contributed by atoms with Crippen LogP contribution in [0, 0.1) is 5.92 Å². The second-order valence-corrected chi connectivity index (χ2v) is 8.44. The van der Waals surface area contributed by atoms with E-state index in [2.05, 4.69) is 20.5 Å². The number of hydrogen-bond donors (Lipinski definition) is 2. The van der Waals surface area contributed by atoms with E-state index in [1.165, 1.54) is 6.20 Å². The van der Waals surface area contributed by atoms with Crippen LogP contribution < -0.4 is 10.6 Å². The van der Waals surface area contributed by atoms with Crippen LogP contribution in [0.5, 0.6) is 0 Å². The summed E-state index contributed by atoms with van der Waals surface area (Å²) >= 11 is 5.84. The first-order valence-corrected chi connectivity index (χ1v) is 11.1. The van der Waals surface area contributed by atoms with Crippen LogP contribution in [0.3, 0.4) is 0 Å². The van der Waals surface area contributed by atoms with E-state index in [4.69, 9.17) is 16.3 Å². The lowest BCUT2D eigenvalue weighted by molar-refractivity contribution is -0.121. The summed E-state index contributed by atoms with van der Waals surface area (Å²) in [5.74, 6) is -0.0160. The average molecular weight is 443 g/mol. The summed E-state index contributed by atoms with van der Waals surface area (Å²) in [6.45, 7) is 3.51. The highest BCUT2D eigenvalue weighted by Gasteiger charge is 2.30. The van der Waals surface area contributed by atoms with Gasteiger partial charge in [0.15, 0.2) is 0 Å². The first-order chi connectivity index (χ1) is 15.1.